The number of aryl methyl sites for hydroxylation is 1. The summed E-state index contributed by atoms with van der Waals surface area (Å²) in [5.74, 6) is 0. The zero-order chi connectivity index (χ0) is 18.3. The molecule has 0 bridgehead atoms. The summed E-state index contributed by atoms with van der Waals surface area (Å²) in [5.41, 5.74) is 2.20. The van der Waals surface area contributed by atoms with Crippen LogP contribution in [0, 0.1) is 12.3 Å². The molecule has 2 heterocycles. The van der Waals surface area contributed by atoms with Crippen molar-refractivity contribution in [3.05, 3.63) is 30.2 Å². The number of nitrogens with one attached hydrogen (secondary N) is 2. The summed E-state index contributed by atoms with van der Waals surface area (Å²) in [6.07, 6.45) is 4.48. The molecule has 0 unspecified atom stereocenters. The van der Waals surface area contributed by atoms with Gasteiger partial charge in [-0.15, -0.1) is 0 Å². The second-order valence-electron chi connectivity index (χ2n) is 6.97. The topological polar surface area (TPSA) is 76.1 Å². The first-order valence-corrected chi connectivity index (χ1v) is 9.17. The van der Waals surface area contributed by atoms with Gasteiger partial charge in [-0.2, -0.15) is 0 Å². The molecule has 0 aliphatic heterocycles. The Labute approximate surface area is 153 Å². The number of aromatic nitrogens is 2. The summed E-state index contributed by atoms with van der Waals surface area (Å²) >= 11 is 1.45. The molecule has 0 fully saturated rings. The molecule has 0 spiro atoms. The van der Waals surface area contributed by atoms with Gasteiger partial charge in [0.25, 0.3) is 0 Å². The maximum Gasteiger partial charge on any atom is 0.321 e. The number of anilines is 1. The summed E-state index contributed by atoms with van der Waals surface area (Å²) < 4.78 is 5.53. The fourth-order valence-electron chi connectivity index (χ4n) is 2.08. The Kier molecular flexibility index (Phi) is 6.90. The third-order valence-electron chi connectivity index (χ3n) is 3.49. The Balaban J connectivity index is 1.74. The van der Waals surface area contributed by atoms with Crippen LogP contribution in [0.2, 0.25) is 0 Å². The predicted molar refractivity (Wildman–Crippen MR) is 102 cm³/mol. The molecule has 0 saturated heterocycles. The van der Waals surface area contributed by atoms with Gasteiger partial charge in [-0.3, -0.25) is 10.3 Å². The van der Waals surface area contributed by atoms with Crippen molar-refractivity contribution in [2.45, 2.75) is 34.1 Å². The van der Waals surface area contributed by atoms with Gasteiger partial charge in [0, 0.05) is 25.5 Å². The molecule has 2 aromatic rings. The van der Waals surface area contributed by atoms with Crippen LogP contribution in [0.3, 0.4) is 0 Å². The van der Waals surface area contributed by atoms with Crippen LogP contribution in [0.4, 0.5) is 9.93 Å². The molecule has 2 aromatic heterocycles. The van der Waals surface area contributed by atoms with Gasteiger partial charge in [-0.05, 0) is 36.5 Å². The van der Waals surface area contributed by atoms with Crippen LogP contribution < -0.4 is 10.6 Å². The van der Waals surface area contributed by atoms with Gasteiger partial charge in [0.05, 0.1) is 17.2 Å². The largest absolute Gasteiger partial charge is 0.380 e. The molecular formula is C18H26N4O2S. The summed E-state index contributed by atoms with van der Waals surface area (Å²) in [7, 11) is 0. The monoisotopic (exact) mass is 362 g/mol. The van der Waals surface area contributed by atoms with Crippen molar-refractivity contribution in [2.75, 3.05) is 25.1 Å². The zero-order valence-electron chi connectivity index (χ0n) is 15.3. The van der Waals surface area contributed by atoms with E-state index in [9.17, 15) is 4.79 Å². The number of urea groups is 1. The van der Waals surface area contributed by atoms with Gasteiger partial charge in [0.2, 0.25) is 0 Å². The summed E-state index contributed by atoms with van der Waals surface area (Å²) in [4.78, 5) is 21.4. The van der Waals surface area contributed by atoms with Gasteiger partial charge < -0.3 is 10.1 Å². The van der Waals surface area contributed by atoms with Crippen LogP contribution in [-0.2, 0) is 4.74 Å². The summed E-state index contributed by atoms with van der Waals surface area (Å²) in [5, 5.41) is 6.13. The number of amides is 2. The number of hydrogen-bond acceptors (Lipinski definition) is 5. The second kappa shape index (κ2) is 8.92. The van der Waals surface area contributed by atoms with Crippen LogP contribution in [0.5, 0.6) is 0 Å². The van der Waals surface area contributed by atoms with Crippen molar-refractivity contribution >= 4 is 22.5 Å². The Hall–Kier alpha value is -1.99. The number of rotatable bonds is 7. The van der Waals surface area contributed by atoms with Crippen molar-refractivity contribution in [1.82, 2.24) is 15.3 Å². The third kappa shape index (κ3) is 6.80. The summed E-state index contributed by atoms with van der Waals surface area (Å²) in [6, 6.07) is 3.59. The lowest BCUT2D eigenvalue weighted by Crippen LogP contribution is -2.31. The smallest absolute Gasteiger partial charge is 0.321 e. The van der Waals surface area contributed by atoms with Crippen LogP contribution in [0.1, 0.15) is 32.9 Å². The number of pyridine rings is 1. The Morgan fingerprint density at radius 3 is 2.64 bits per heavy atom. The third-order valence-corrected chi connectivity index (χ3v) is 4.61. The molecule has 7 heteroatoms. The van der Waals surface area contributed by atoms with E-state index in [0.29, 0.717) is 24.9 Å². The van der Waals surface area contributed by atoms with Crippen molar-refractivity contribution in [2.24, 2.45) is 5.41 Å². The van der Waals surface area contributed by atoms with E-state index in [1.165, 1.54) is 11.3 Å². The molecule has 6 nitrogen and oxygen atoms in total. The van der Waals surface area contributed by atoms with E-state index in [2.05, 4.69) is 41.4 Å². The minimum absolute atomic E-state index is 0.264. The standard InChI is InChI=1S/C18H26N4O2S/c1-13-15(14-5-8-19-9-6-14)25-17(21-13)22-16(23)20-10-12-24-11-7-18(2,3)4/h5-6,8-9H,7,10-12H2,1-4H3,(H2,20,21,22,23). The first-order valence-electron chi connectivity index (χ1n) is 8.35. The minimum atomic E-state index is -0.269. The van der Waals surface area contributed by atoms with E-state index in [1.54, 1.807) is 12.4 Å². The highest BCUT2D eigenvalue weighted by molar-refractivity contribution is 7.19. The first-order chi connectivity index (χ1) is 11.8. The number of thiazole rings is 1. The molecule has 0 radical (unpaired) electrons. The van der Waals surface area contributed by atoms with Gasteiger partial charge in [0.1, 0.15) is 0 Å². The number of nitrogens with zero attached hydrogens (tertiary/aromatic N) is 2. The fraction of sp³-hybridized carbons (Fsp3) is 0.500. The molecule has 2 amide bonds. The van der Waals surface area contributed by atoms with Crippen LogP contribution in [0.15, 0.2) is 24.5 Å². The molecule has 25 heavy (non-hydrogen) atoms. The number of hydrogen-bond donors (Lipinski definition) is 2. The summed E-state index contributed by atoms with van der Waals surface area (Å²) in [6.45, 7) is 10.1. The van der Waals surface area contributed by atoms with Crippen molar-refractivity contribution in [3.8, 4) is 10.4 Å². The normalized spacial score (nSPS) is 11.4. The van der Waals surface area contributed by atoms with Gasteiger partial charge in [-0.25, -0.2) is 9.78 Å². The van der Waals surface area contributed by atoms with Gasteiger partial charge >= 0.3 is 6.03 Å². The fourth-order valence-corrected chi connectivity index (χ4v) is 3.05. The molecule has 0 aromatic carbocycles. The lowest BCUT2D eigenvalue weighted by Gasteiger charge is -2.17. The van der Waals surface area contributed by atoms with E-state index in [1.807, 2.05) is 19.1 Å². The molecule has 0 aliphatic carbocycles. The molecule has 2 N–H and O–H groups in total. The average Bonchev–Trinajstić information content (AvgIpc) is 2.91. The first kappa shape index (κ1) is 19.3. The van der Waals surface area contributed by atoms with Crippen molar-refractivity contribution in [1.29, 1.82) is 0 Å². The van der Waals surface area contributed by atoms with E-state index in [0.717, 1.165) is 22.6 Å². The van der Waals surface area contributed by atoms with Gasteiger partial charge in [0.15, 0.2) is 5.13 Å². The van der Waals surface area contributed by atoms with E-state index >= 15 is 0 Å². The Morgan fingerprint density at radius 1 is 1.24 bits per heavy atom. The Morgan fingerprint density at radius 2 is 1.96 bits per heavy atom. The highest BCUT2D eigenvalue weighted by Crippen LogP contribution is 2.32. The Bertz CT molecular complexity index is 680. The van der Waals surface area contributed by atoms with Gasteiger partial charge in [-0.1, -0.05) is 32.1 Å². The number of carbonyl (C=O) groups is 1. The van der Waals surface area contributed by atoms with Crippen molar-refractivity contribution < 1.29 is 9.53 Å². The minimum Gasteiger partial charge on any atom is -0.380 e. The SMILES string of the molecule is Cc1nc(NC(=O)NCCOCCC(C)(C)C)sc1-c1ccncc1. The van der Waals surface area contributed by atoms with Crippen LogP contribution in [0.25, 0.3) is 10.4 Å². The highest BCUT2D eigenvalue weighted by atomic mass is 32.1. The predicted octanol–water partition coefficient (Wildman–Crippen LogP) is 4.09. The maximum absolute atomic E-state index is 11.9. The lowest BCUT2D eigenvalue weighted by atomic mass is 9.93. The van der Waals surface area contributed by atoms with Crippen molar-refractivity contribution in [3.63, 3.8) is 0 Å². The average molecular weight is 362 g/mol. The molecule has 0 aliphatic rings. The zero-order valence-corrected chi connectivity index (χ0v) is 16.1. The van der Waals surface area contributed by atoms with E-state index in [4.69, 9.17) is 4.74 Å². The van der Waals surface area contributed by atoms with E-state index < -0.39 is 0 Å². The second-order valence-corrected chi connectivity index (χ2v) is 7.97. The number of ether oxygens (including phenoxy) is 1. The highest BCUT2D eigenvalue weighted by Gasteiger charge is 2.12. The molecule has 2 rings (SSSR count). The van der Waals surface area contributed by atoms with Crippen LogP contribution in [-0.4, -0.2) is 35.8 Å². The molecule has 136 valence electrons. The quantitative estimate of drug-likeness (QED) is 0.728. The van der Waals surface area contributed by atoms with Crippen LogP contribution >= 0.6 is 11.3 Å². The molecular weight excluding hydrogens is 336 g/mol. The molecule has 0 atom stereocenters. The lowest BCUT2D eigenvalue weighted by molar-refractivity contribution is 0.111. The molecule has 0 saturated carbocycles. The number of carbonyl (C=O) groups excluding carboxylic acids is 1. The maximum atomic E-state index is 11.9. The van der Waals surface area contributed by atoms with E-state index in [-0.39, 0.29) is 11.4 Å².